The van der Waals surface area contributed by atoms with Crippen LogP contribution in [-0.2, 0) is 9.53 Å². The van der Waals surface area contributed by atoms with Crippen molar-refractivity contribution in [1.29, 1.82) is 0 Å². The molecule has 0 spiro atoms. The Morgan fingerprint density at radius 1 is 1.00 bits per heavy atom. The van der Waals surface area contributed by atoms with E-state index in [1.165, 1.54) is 19.3 Å². The van der Waals surface area contributed by atoms with Gasteiger partial charge in [-0.05, 0) is 12.8 Å². The molecule has 0 amide bonds. The number of rotatable bonds is 8. The Hall–Kier alpha value is 0.730. The first kappa shape index (κ1) is 17.1. The van der Waals surface area contributed by atoms with E-state index in [9.17, 15) is 4.79 Å². The third-order valence-corrected chi connectivity index (χ3v) is 1.95. The summed E-state index contributed by atoms with van der Waals surface area (Å²) in [6, 6.07) is 0. The van der Waals surface area contributed by atoms with E-state index < -0.39 is 0 Å². The summed E-state index contributed by atoms with van der Waals surface area (Å²) in [5, 5.41) is 0. The number of carbonyl (C=O) groups is 1. The van der Waals surface area contributed by atoms with E-state index in [-0.39, 0.29) is 43.7 Å². The fourth-order valence-electron chi connectivity index (χ4n) is 1.16. The van der Waals surface area contributed by atoms with Crippen molar-refractivity contribution in [3.63, 3.8) is 0 Å². The van der Waals surface area contributed by atoms with E-state index in [2.05, 4.69) is 6.92 Å². The Balaban J connectivity index is 0. The number of esters is 1. The van der Waals surface area contributed by atoms with Crippen LogP contribution in [0.1, 0.15) is 58.8 Å². The van der Waals surface area contributed by atoms with Gasteiger partial charge < -0.3 is 4.74 Å². The van der Waals surface area contributed by atoms with Gasteiger partial charge in [-0.15, -0.1) is 0 Å². The van der Waals surface area contributed by atoms with Gasteiger partial charge in [0.05, 0.1) is 6.61 Å². The second-order valence-electron chi connectivity index (χ2n) is 3.38. The van der Waals surface area contributed by atoms with E-state index >= 15 is 0 Å². The molecule has 0 atom stereocenters. The number of hydrogen-bond acceptors (Lipinski definition) is 2. The van der Waals surface area contributed by atoms with Crippen molar-refractivity contribution in [2.45, 2.75) is 58.8 Å². The predicted octanol–water partition coefficient (Wildman–Crippen LogP) is 2.38. The minimum atomic E-state index is -0.0293. The van der Waals surface area contributed by atoms with Gasteiger partial charge >= 0.3 is 43.7 Å². The summed E-state index contributed by atoms with van der Waals surface area (Å²) in [5.74, 6) is -0.0293. The van der Waals surface area contributed by atoms with Gasteiger partial charge in [0.2, 0.25) is 0 Å². The molecule has 0 bridgehead atoms. The molecule has 0 aromatic carbocycles. The molecule has 82 valence electrons. The zero-order chi connectivity index (χ0) is 9.94. The Kier molecular flexibility index (Phi) is 16.8. The Bertz CT molecular complexity index is 126. The van der Waals surface area contributed by atoms with Crippen LogP contribution >= 0.6 is 0 Å². The summed E-state index contributed by atoms with van der Waals surface area (Å²) < 4.78 is 4.96. The van der Waals surface area contributed by atoms with Gasteiger partial charge in [0.25, 0.3) is 0 Å². The van der Waals surface area contributed by atoms with Crippen LogP contribution in [0.15, 0.2) is 0 Å². The Morgan fingerprint density at radius 3 is 2.21 bits per heavy atom. The molecule has 0 aliphatic rings. The van der Waals surface area contributed by atoms with Gasteiger partial charge in [-0.3, -0.25) is 4.79 Å². The second-order valence-corrected chi connectivity index (χ2v) is 3.38. The molecule has 0 saturated heterocycles. The first-order valence-corrected chi connectivity index (χ1v) is 5.46. The van der Waals surface area contributed by atoms with Crippen LogP contribution in [0.2, 0.25) is 0 Å². The first-order chi connectivity index (χ1) is 6.31. The zero-order valence-corrected chi connectivity index (χ0v) is 8.97. The van der Waals surface area contributed by atoms with Crippen LogP contribution < -0.4 is 0 Å². The molecule has 2 nitrogen and oxygen atoms in total. The van der Waals surface area contributed by atoms with Gasteiger partial charge in [0, 0.05) is 6.42 Å². The van der Waals surface area contributed by atoms with Crippen LogP contribution in [-0.4, -0.2) is 50.3 Å². The standard InChI is InChI=1S/C11H22O2.Ca.2H/c1-3-5-6-7-8-9-11(12)13-10-4-2;;;/h3-10H2,1-2H3;;;. The quantitative estimate of drug-likeness (QED) is 0.362. The number of ether oxygens (including phenoxy) is 1. The average molecular weight is 228 g/mol. The van der Waals surface area contributed by atoms with Crippen molar-refractivity contribution in [3.8, 4) is 0 Å². The summed E-state index contributed by atoms with van der Waals surface area (Å²) in [6.07, 6.45) is 7.45. The molecule has 0 aromatic heterocycles. The fraction of sp³-hybridized carbons (Fsp3) is 0.909. The van der Waals surface area contributed by atoms with Crippen molar-refractivity contribution in [2.24, 2.45) is 0 Å². The van der Waals surface area contributed by atoms with Crippen molar-refractivity contribution < 1.29 is 9.53 Å². The van der Waals surface area contributed by atoms with Gasteiger partial charge in [-0.25, -0.2) is 0 Å². The molecule has 0 saturated carbocycles. The number of unbranched alkanes of at least 4 members (excludes halogenated alkanes) is 4. The van der Waals surface area contributed by atoms with Crippen LogP contribution in [0.3, 0.4) is 0 Å². The number of carbonyl (C=O) groups excluding carboxylic acids is 1. The molecule has 0 rings (SSSR count). The second kappa shape index (κ2) is 13.7. The van der Waals surface area contributed by atoms with Gasteiger partial charge in [-0.2, -0.15) is 0 Å². The SMILES string of the molecule is CCCCCCCC(=O)OCCC.[CaH2]. The molecule has 0 aromatic rings. The summed E-state index contributed by atoms with van der Waals surface area (Å²) in [5.41, 5.74) is 0. The molecule has 0 N–H and O–H groups in total. The maximum atomic E-state index is 11.0. The Labute approximate surface area is 118 Å². The average Bonchev–Trinajstić information content (AvgIpc) is 2.14. The summed E-state index contributed by atoms with van der Waals surface area (Å²) in [7, 11) is 0. The van der Waals surface area contributed by atoms with E-state index in [0.717, 1.165) is 19.3 Å². The summed E-state index contributed by atoms with van der Waals surface area (Å²) >= 11 is 0. The molecular weight excluding hydrogens is 204 g/mol. The Morgan fingerprint density at radius 2 is 1.64 bits per heavy atom. The van der Waals surface area contributed by atoms with Gasteiger partial charge in [0.15, 0.2) is 0 Å². The third-order valence-electron chi connectivity index (χ3n) is 1.95. The number of hydrogen-bond donors (Lipinski definition) is 0. The van der Waals surface area contributed by atoms with Gasteiger partial charge in [0.1, 0.15) is 0 Å². The normalized spacial score (nSPS) is 9.29. The zero-order valence-electron chi connectivity index (χ0n) is 8.97. The molecule has 3 heteroatoms. The van der Waals surface area contributed by atoms with Crippen LogP contribution in [0, 0.1) is 0 Å². The van der Waals surface area contributed by atoms with E-state index in [1.807, 2.05) is 6.92 Å². The summed E-state index contributed by atoms with van der Waals surface area (Å²) in [4.78, 5) is 11.0. The molecule has 0 fully saturated rings. The molecule has 0 unspecified atom stereocenters. The fourth-order valence-corrected chi connectivity index (χ4v) is 1.16. The van der Waals surface area contributed by atoms with Crippen molar-refractivity contribution in [2.75, 3.05) is 6.61 Å². The molecule has 0 heterocycles. The molecular formula is C11H24CaO2. The first-order valence-electron chi connectivity index (χ1n) is 5.46. The maximum absolute atomic E-state index is 11.0. The van der Waals surface area contributed by atoms with E-state index in [0.29, 0.717) is 13.0 Å². The van der Waals surface area contributed by atoms with E-state index in [4.69, 9.17) is 4.74 Å². The van der Waals surface area contributed by atoms with Gasteiger partial charge in [-0.1, -0.05) is 39.5 Å². The predicted molar refractivity (Wildman–Crippen MR) is 63.2 cm³/mol. The molecule has 0 radical (unpaired) electrons. The molecule has 14 heavy (non-hydrogen) atoms. The molecule has 0 aliphatic carbocycles. The van der Waals surface area contributed by atoms with Crippen molar-refractivity contribution in [3.05, 3.63) is 0 Å². The minimum absolute atomic E-state index is 0. The topological polar surface area (TPSA) is 26.3 Å². The van der Waals surface area contributed by atoms with E-state index in [1.54, 1.807) is 0 Å². The van der Waals surface area contributed by atoms with Crippen LogP contribution in [0.4, 0.5) is 0 Å². The summed E-state index contributed by atoms with van der Waals surface area (Å²) in [6.45, 7) is 4.78. The monoisotopic (exact) mass is 228 g/mol. The van der Waals surface area contributed by atoms with Crippen LogP contribution in [0.5, 0.6) is 0 Å². The van der Waals surface area contributed by atoms with Crippen LogP contribution in [0.25, 0.3) is 0 Å². The van der Waals surface area contributed by atoms with Crippen molar-refractivity contribution in [1.82, 2.24) is 0 Å². The molecule has 0 aliphatic heterocycles. The van der Waals surface area contributed by atoms with Crippen molar-refractivity contribution >= 4 is 43.7 Å². The third kappa shape index (κ3) is 12.7.